The maximum Gasteiger partial charge on any atom is 0.332 e. The third kappa shape index (κ3) is 6.22. The number of hydrogen-bond donors (Lipinski definition) is 1. The predicted molar refractivity (Wildman–Crippen MR) is 139 cm³/mol. The Labute approximate surface area is 217 Å². The second-order valence-corrected chi connectivity index (χ2v) is 8.42. The molecule has 0 unspecified atom stereocenters. The number of anilines is 2. The second kappa shape index (κ2) is 11.5. The molecule has 0 saturated carbocycles. The van der Waals surface area contributed by atoms with E-state index in [2.05, 4.69) is 15.3 Å². The molecule has 0 aliphatic carbocycles. The van der Waals surface area contributed by atoms with Crippen LogP contribution < -0.4 is 21.3 Å². The fourth-order valence-corrected chi connectivity index (χ4v) is 3.66. The Morgan fingerprint density at radius 1 is 1.05 bits per heavy atom. The molecule has 0 amide bonds. The van der Waals surface area contributed by atoms with Crippen molar-refractivity contribution < 1.29 is 9.47 Å². The average Bonchev–Trinajstić information content (AvgIpc) is 2.89. The molecule has 4 rings (SSSR count). The highest BCUT2D eigenvalue weighted by Gasteiger charge is 2.14. The number of ether oxygens (including phenoxy) is 2. The van der Waals surface area contributed by atoms with Crippen molar-refractivity contribution in [1.29, 1.82) is 5.26 Å². The van der Waals surface area contributed by atoms with Gasteiger partial charge in [0.15, 0.2) is 5.75 Å². The van der Waals surface area contributed by atoms with Gasteiger partial charge in [-0.25, -0.2) is 14.8 Å². The van der Waals surface area contributed by atoms with Crippen molar-refractivity contribution in [2.75, 3.05) is 19.0 Å². The zero-order valence-corrected chi connectivity index (χ0v) is 20.9. The molecule has 3 heterocycles. The molecule has 37 heavy (non-hydrogen) atoms. The Balaban J connectivity index is 1.66. The Bertz CT molecular complexity index is 1570. The van der Waals surface area contributed by atoms with Crippen molar-refractivity contribution in [2.24, 2.45) is 0 Å². The number of aromatic nitrogens is 4. The number of nitrogens with zero attached hydrogens (tertiary/aromatic N) is 5. The molecule has 4 aromatic rings. The number of nitriles is 1. The van der Waals surface area contributed by atoms with Crippen LogP contribution >= 0.6 is 11.6 Å². The zero-order valence-electron chi connectivity index (χ0n) is 20.1. The van der Waals surface area contributed by atoms with Crippen LogP contribution in [0, 0.1) is 18.3 Å². The molecule has 188 valence electrons. The van der Waals surface area contributed by atoms with E-state index in [1.807, 2.05) is 18.2 Å². The summed E-state index contributed by atoms with van der Waals surface area (Å²) in [5.41, 5.74) is 0.653. The molecular weight excluding hydrogens is 496 g/mol. The minimum absolute atomic E-state index is 0.124. The number of pyridine rings is 2. The standard InChI is InChI=1S/C26H23ClN6O4/c1-17-21(37-24-5-3-4-20(15-28)30-24)10-11-22(29-17)31-23-14-25(34)32(12-13-36-2)26(35)33(23)16-18-6-8-19(27)9-7-18/h3-11,14H,12-13,16H2,1-2H3,(H,29,31). The van der Waals surface area contributed by atoms with Crippen molar-refractivity contribution in [2.45, 2.75) is 20.0 Å². The fraction of sp³-hybridized carbons (Fsp3) is 0.192. The lowest BCUT2D eigenvalue weighted by Gasteiger charge is -2.17. The summed E-state index contributed by atoms with van der Waals surface area (Å²) in [5, 5.41) is 12.7. The summed E-state index contributed by atoms with van der Waals surface area (Å²) in [4.78, 5) is 34.6. The zero-order chi connectivity index (χ0) is 26.4. The first-order chi connectivity index (χ1) is 17.9. The molecule has 0 bridgehead atoms. The highest BCUT2D eigenvalue weighted by atomic mass is 35.5. The smallest absolute Gasteiger partial charge is 0.332 e. The topological polar surface area (TPSA) is 124 Å². The molecule has 0 fully saturated rings. The van der Waals surface area contributed by atoms with Crippen LogP contribution in [0.4, 0.5) is 11.6 Å². The summed E-state index contributed by atoms with van der Waals surface area (Å²) < 4.78 is 13.4. The molecule has 10 nitrogen and oxygen atoms in total. The van der Waals surface area contributed by atoms with Crippen molar-refractivity contribution >= 4 is 23.2 Å². The Morgan fingerprint density at radius 3 is 2.54 bits per heavy atom. The van der Waals surface area contributed by atoms with Crippen LogP contribution in [0.15, 0.2) is 70.3 Å². The Morgan fingerprint density at radius 2 is 1.84 bits per heavy atom. The van der Waals surface area contributed by atoms with E-state index in [0.29, 0.717) is 22.3 Å². The summed E-state index contributed by atoms with van der Waals surface area (Å²) >= 11 is 6.00. The number of halogens is 1. The first-order valence-corrected chi connectivity index (χ1v) is 11.6. The highest BCUT2D eigenvalue weighted by Crippen LogP contribution is 2.25. The molecule has 0 spiro atoms. The highest BCUT2D eigenvalue weighted by molar-refractivity contribution is 6.30. The van der Waals surface area contributed by atoms with Crippen LogP contribution in [0.5, 0.6) is 11.6 Å². The van der Waals surface area contributed by atoms with Gasteiger partial charge < -0.3 is 14.8 Å². The molecule has 0 aliphatic heterocycles. The SMILES string of the molecule is COCCn1c(=O)cc(Nc2ccc(Oc3cccc(C#N)n3)c(C)n2)n(Cc2ccc(Cl)cc2)c1=O. The van der Waals surface area contributed by atoms with E-state index in [-0.39, 0.29) is 37.1 Å². The minimum atomic E-state index is -0.484. The van der Waals surface area contributed by atoms with Crippen LogP contribution in [-0.4, -0.2) is 32.8 Å². The summed E-state index contributed by atoms with van der Waals surface area (Å²) in [6.45, 7) is 2.29. The third-order valence-corrected chi connectivity index (χ3v) is 5.65. The van der Waals surface area contributed by atoms with E-state index in [4.69, 9.17) is 26.3 Å². The lowest BCUT2D eigenvalue weighted by atomic mass is 10.2. The number of hydrogen-bond acceptors (Lipinski definition) is 8. The quantitative estimate of drug-likeness (QED) is 0.354. The van der Waals surface area contributed by atoms with Gasteiger partial charge in [-0.1, -0.05) is 29.8 Å². The number of rotatable bonds is 9. The van der Waals surface area contributed by atoms with E-state index < -0.39 is 11.2 Å². The Hall–Kier alpha value is -4.46. The number of methoxy groups -OCH3 is 1. The van der Waals surface area contributed by atoms with Crippen LogP contribution in [0.1, 0.15) is 17.0 Å². The van der Waals surface area contributed by atoms with Crippen LogP contribution in [0.25, 0.3) is 0 Å². The molecule has 0 atom stereocenters. The lowest BCUT2D eigenvalue weighted by molar-refractivity contribution is 0.184. The van der Waals surface area contributed by atoms with Crippen LogP contribution in [-0.2, 0) is 17.8 Å². The normalized spacial score (nSPS) is 10.6. The van der Waals surface area contributed by atoms with E-state index in [1.165, 1.54) is 17.7 Å². The van der Waals surface area contributed by atoms with Gasteiger partial charge in [0.25, 0.3) is 5.56 Å². The van der Waals surface area contributed by atoms with Gasteiger partial charge in [0, 0.05) is 24.3 Å². The van der Waals surface area contributed by atoms with E-state index in [1.54, 1.807) is 49.4 Å². The monoisotopic (exact) mass is 518 g/mol. The van der Waals surface area contributed by atoms with E-state index in [9.17, 15) is 9.59 Å². The second-order valence-electron chi connectivity index (χ2n) is 7.99. The molecule has 0 aliphatic rings. The van der Waals surface area contributed by atoms with Crippen LogP contribution in [0.3, 0.4) is 0 Å². The summed E-state index contributed by atoms with van der Waals surface area (Å²) in [6, 6.07) is 18.7. The van der Waals surface area contributed by atoms with Gasteiger partial charge in [0.05, 0.1) is 25.4 Å². The number of benzene rings is 1. The van der Waals surface area contributed by atoms with Gasteiger partial charge >= 0.3 is 5.69 Å². The van der Waals surface area contributed by atoms with Crippen LogP contribution in [0.2, 0.25) is 5.02 Å². The first kappa shape index (κ1) is 25.6. The summed E-state index contributed by atoms with van der Waals surface area (Å²) in [5.74, 6) is 1.40. The molecule has 1 aromatic carbocycles. The maximum atomic E-state index is 13.3. The van der Waals surface area contributed by atoms with E-state index >= 15 is 0 Å². The van der Waals surface area contributed by atoms with Gasteiger partial charge in [-0.15, -0.1) is 0 Å². The molecule has 0 radical (unpaired) electrons. The van der Waals surface area contributed by atoms with Gasteiger partial charge in [0.1, 0.15) is 23.4 Å². The molecule has 11 heteroatoms. The number of aryl methyl sites for hydroxylation is 1. The van der Waals surface area contributed by atoms with Gasteiger partial charge in [-0.3, -0.25) is 13.9 Å². The summed E-state index contributed by atoms with van der Waals surface area (Å²) in [6.07, 6.45) is 0. The largest absolute Gasteiger partial charge is 0.437 e. The van der Waals surface area contributed by atoms with Crippen molar-refractivity contribution in [1.82, 2.24) is 19.1 Å². The van der Waals surface area contributed by atoms with Crippen molar-refractivity contribution in [3.63, 3.8) is 0 Å². The van der Waals surface area contributed by atoms with Gasteiger partial charge in [-0.2, -0.15) is 5.26 Å². The van der Waals surface area contributed by atoms with E-state index in [0.717, 1.165) is 10.1 Å². The fourth-order valence-electron chi connectivity index (χ4n) is 3.54. The Kier molecular flexibility index (Phi) is 7.98. The first-order valence-electron chi connectivity index (χ1n) is 11.3. The summed E-state index contributed by atoms with van der Waals surface area (Å²) in [7, 11) is 1.50. The molecule has 3 aromatic heterocycles. The van der Waals surface area contributed by atoms with Crippen molar-refractivity contribution in [3.8, 4) is 17.7 Å². The minimum Gasteiger partial charge on any atom is -0.437 e. The van der Waals surface area contributed by atoms with Gasteiger partial charge in [-0.05, 0) is 42.8 Å². The average molecular weight is 519 g/mol. The number of nitrogens with one attached hydrogen (secondary N) is 1. The molecule has 0 saturated heterocycles. The third-order valence-electron chi connectivity index (χ3n) is 5.40. The lowest BCUT2D eigenvalue weighted by Crippen LogP contribution is -2.41. The molecular formula is C26H23ClN6O4. The van der Waals surface area contributed by atoms with Crippen molar-refractivity contribution in [3.05, 3.63) is 103 Å². The van der Waals surface area contributed by atoms with Gasteiger partial charge in [0.2, 0.25) is 5.88 Å². The predicted octanol–water partition coefficient (Wildman–Crippen LogP) is 3.86. The molecule has 1 N–H and O–H groups in total. The maximum absolute atomic E-state index is 13.3.